The number of nitrogens with zero attached hydrogens (tertiary/aromatic N) is 2. The highest BCUT2D eigenvalue weighted by molar-refractivity contribution is 6.21. The third-order valence-electron chi connectivity index (χ3n) is 8.43. The Hall–Kier alpha value is -4.22. The molecule has 2 aromatic rings. The van der Waals surface area contributed by atoms with Crippen molar-refractivity contribution < 1.29 is 37.0 Å². The van der Waals surface area contributed by atoms with Gasteiger partial charge in [-0.3, -0.25) is 10.2 Å². The molecule has 42 heavy (non-hydrogen) atoms. The molecule has 1 unspecified atom stereocenters. The molecule has 1 saturated carbocycles. The van der Waals surface area contributed by atoms with Crippen LogP contribution in [0, 0.1) is 16.6 Å². The number of carbonyl (C=O) groups is 2. The highest BCUT2D eigenvalue weighted by Gasteiger charge is 2.67. The maximum atomic E-state index is 13.9. The lowest BCUT2D eigenvalue weighted by Crippen LogP contribution is -2.51. The Balaban J connectivity index is 1.45. The monoisotopic (exact) mass is 586 g/mol. The molecule has 1 saturated heterocycles. The number of aliphatic hydroxyl groups excluding tert-OH is 1. The first-order chi connectivity index (χ1) is 19.6. The Morgan fingerprint density at radius 1 is 1.10 bits per heavy atom. The highest BCUT2D eigenvalue weighted by atomic mass is 19.4. The fraction of sp³-hybridized carbons (Fsp3) is 0.400. The minimum Gasteiger partial charge on any atom is -0.512 e. The summed E-state index contributed by atoms with van der Waals surface area (Å²) < 4.78 is 60.4. The fourth-order valence-corrected chi connectivity index (χ4v) is 6.09. The molecule has 5 rings (SSSR count). The molecule has 8 nitrogen and oxygen atoms in total. The number of halogens is 4. The average Bonchev–Trinajstić information content (AvgIpc) is 3.57. The summed E-state index contributed by atoms with van der Waals surface area (Å²) in [4.78, 5) is 28.4. The molecule has 2 atom stereocenters. The van der Waals surface area contributed by atoms with Crippen molar-refractivity contribution >= 4 is 29.1 Å². The molecule has 12 heteroatoms. The summed E-state index contributed by atoms with van der Waals surface area (Å²) in [6, 6.07) is 7.74. The molecule has 2 amide bonds. The Labute approximate surface area is 239 Å². The third-order valence-corrected chi connectivity index (χ3v) is 8.43. The van der Waals surface area contributed by atoms with Gasteiger partial charge in [-0.2, -0.15) is 13.2 Å². The lowest BCUT2D eigenvalue weighted by molar-refractivity contribution is -0.170. The van der Waals surface area contributed by atoms with E-state index in [0.717, 1.165) is 42.4 Å². The van der Waals surface area contributed by atoms with E-state index in [4.69, 9.17) is 15.6 Å². The molecular formula is C30H30F4N4O4. The number of amidine groups is 1. The van der Waals surface area contributed by atoms with Crippen molar-refractivity contribution in [1.29, 1.82) is 10.8 Å². The second kappa shape index (κ2) is 9.95. The Morgan fingerprint density at radius 2 is 1.74 bits per heavy atom. The molecule has 3 N–H and O–H groups in total. The molecule has 0 aromatic heterocycles. The summed E-state index contributed by atoms with van der Waals surface area (Å²) in [5.74, 6) is -1.99. The number of amides is 2. The predicted molar refractivity (Wildman–Crippen MR) is 146 cm³/mol. The molecule has 0 bridgehead atoms. The summed E-state index contributed by atoms with van der Waals surface area (Å²) in [5.41, 5.74) is 0.482. The first-order valence-corrected chi connectivity index (χ1v) is 13.4. The summed E-state index contributed by atoms with van der Waals surface area (Å²) >= 11 is 0. The predicted octanol–water partition coefficient (Wildman–Crippen LogP) is 6.19. The van der Waals surface area contributed by atoms with Gasteiger partial charge in [0.25, 0.3) is 5.91 Å². The van der Waals surface area contributed by atoms with Crippen molar-refractivity contribution in [3.8, 4) is 0 Å². The largest absolute Gasteiger partial charge is 0.512 e. The molecule has 2 fully saturated rings. The van der Waals surface area contributed by atoms with E-state index in [9.17, 15) is 32.3 Å². The molecule has 2 aromatic carbocycles. The van der Waals surface area contributed by atoms with Gasteiger partial charge in [0, 0.05) is 35.2 Å². The number of alkyl halides is 3. The molecule has 2 spiro atoms. The van der Waals surface area contributed by atoms with Crippen molar-refractivity contribution in [2.24, 2.45) is 0 Å². The molecular weight excluding hydrogens is 556 g/mol. The normalized spacial score (nSPS) is 21.7. The standard InChI is InChI=1S/C30H30F4N4O4/c1-16(35)25(17(2)39)20-6-9-22-23(12-20)28(10-11-28)15-29(22)26(40)38(27(41)42-29)14-24(36)37(18(3)30(32,33)34)13-19-4-7-21(31)8-5-19/h4-9,12,18,35-36,39H,10-11,13-15H2,1-3H3/b25-17+,35-16?,36-24?/t18-,29?/m0/s1. The van der Waals surface area contributed by atoms with E-state index in [1.165, 1.54) is 19.1 Å². The van der Waals surface area contributed by atoms with E-state index in [1.807, 2.05) is 0 Å². The molecule has 3 aliphatic rings. The van der Waals surface area contributed by atoms with Crippen LogP contribution in [0.2, 0.25) is 0 Å². The van der Waals surface area contributed by atoms with Crippen LogP contribution in [-0.2, 0) is 27.1 Å². The van der Waals surface area contributed by atoms with E-state index in [-0.39, 0.29) is 17.9 Å². The van der Waals surface area contributed by atoms with Crippen molar-refractivity contribution in [3.05, 3.63) is 76.3 Å². The second-order valence-electron chi connectivity index (χ2n) is 11.3. The first kappa shape index (κ1) is 29.3. The van der Waals surface area contributed by atoms with Crippen LogP contribution < -0.4 is 0 Å². The topological polar surface area (TPSA) is 118 Å². The number of fused-ring (bicyclic) bond motifs is 3. The second-order valence-corrected chi connectivity index (χ2v) is 11.3. The molecule has 0 radical (unpaired) electrons. The number of benzene rings is 2. The number of hydrogen-bond donors (Lipinski definition) is 3. The van der Waals surface area contributed by atoms with E-state index < -0.39 is 60.0 Å². The number of ether oxygens (including phenoxy) is 1. The number of nitrogens with one attached hydrogen (secondary N) is 2. The minimum absolute atomic E-state index is 0.0358. The minimum atomic E-state index is -4.72. The smallest absolute Gasteiger partial charge is 0.418 e. The average molecular weight is 587 g/mol. The van der Waals surface area contributed by atoms with E-state index in [0.29, 0.717) is 27.2 Å². The summed E-state index contributed by atoms with van der Waals surface area (Å²) in [5, 5.41) is 26.8. The van der Waals surface area contributed by atoms with Crippen LogP contribution in [0.15, 0.2) is 48.2 Å². The van der Waals surface area contributed by atoms with Crippen LogP contribution in [0.3, 0.4) is 0 Å². The Morgan fingerprint density at radius 3 is 2.29 bits per heavy atom. The summed E-state index contributed by atoms with van der Waals surface area (Å²) in [6.45, 7) is 2.75. The van der Waals surface area contributed by atoms with Gasteiger partial charge in [0.05, 0.1) is 12.3 Å². The van der Waals surface area contributed by atoms with Crippen LogP contribution in [0.5, 0.6) is 0 Å². The maximum absolute atomic E-state index is 13.9. The lowest BCUT2D eigenvalue weighted by Gasteiger charge is -2.33. The number of carbonyl (C=O) groups excluding carboxylic acids is 2. The number of allylic oxidation sites excluding steroid dienone is 2. The first-order valence-electron chi connectivity index (χ1n) is 13.4. The van der Waals surface area contributed by atoms with Gasteiger partial charge in [-0.1, -0.05) is 24.3 Å². The SMILES string of the molecule is CC(=N)/C(=C(/C)O)c1ccc2c(c1)C1(CC1)CC21OC(=O)N(CC(=N)N(Cc2ccc(F)cc2)[C@@H](C)C(F)(F)F)C1=O. The van der Waals surface area contributed by atoms with Crippen molar-refractivity contribution in [1.82, 2.24) is 9.80 Å². The number of imide groups is 1. The molecule has 1 heterocycles. The van der Waals surface area contributed by atoms with Crippen molar-refractivity contribution in [3.63, 3.8) is 0 Å². The van der Waals surface area contributed by atoms with Gasteiger partial charge in [-0.25, -0.2) is 14.1 Å². The lowest BCUT2D eigenvalue weighted by atomic mass is 9.91. The number of rotatable bonds is 7. The molecule has 2 aliphatic carbocycles. The fourth-order valence-electron chi connectivity index (χ4n) is 6.09. The van der Waals surface area contributed by atoms with Crippen molar-refractivity contribution in [2.75, 3.05) is 6.54 Å². The Kier molecular flexibility index (Phi) is 6.94. The Bertz CT molecular complexity index is 1530. The van der Waals surface area contributed by atoms with Gasteiger partial charge in [0.2, 0.25) is 5.60 Å². The van der Waals surface area contributed by atoms with Crippen LogP contribution in [0.1, 0.15) is 62.3 Å². The summed E-state index contributed by atoms with van der Waals surface area (Å²) in [6.07, 6.45) is -4.17. The molecule has 222 valence electrons. The van der Waals surface area contributed by atoms with Gasteiger partial charge in [-0.05, 0) is 68.5 Å². The van der Waals surface area contributed by atoms with Gasteiger partial charge < -0.3 is 20.2 Å². The van der Waals surface area contributed by atoms with Crippen molar-refractivity contribution in [2.45, 2.75) is 69.8 Å². The molecule has 1 aliphatic heterocycles. The quantitative estimate of drug-likeness (QED) is 0.155. The zero-order valence-corrected chi connectivity index (χ0v) is 23.2. The van der Waals surface area contributed by atoms with Crippen LogP contribution in [-0.4, -0.2) is 57.2 Å². The third kappa shape index (κ3) is 4.82. The van der Waals surface area contributed by atoms with Crippen LogP contribution >= 0.6 is 0 Å². The van der Waals surface area contributed by atoms with Gasteiger partial charge in [0.1, 0.15) is 17.7 Å². The van der Waals surface area contributed by atoms with Gasteiger partial charge >= 0.3 is 12.3 Å². The van der Waals surface area contributed by atoms with Gasteiger partial charge in [0.15, 0.2) is 0 Å². The van der Waals surface area contributed by atoms with E-state index >= 15 is 0 Å². The zero-order chi connectivity index (χ0) is 30.8. The zero-order valence-electron chi connectivity index (χ0n) is 23.2. The van der Waals surface area contributed by atoms with E-state index in [2.05, 4.69) is 0 Å². The number of aliphatic hydroxyl groups is 1. The summed E-state index contributed by atoms with van der Waals surface area (Å²) in [7, 11) is 0. The van der Waals surface area contributed by atoms with Gasteiger partial charge in [-0.15, -0.1) is 0 Å². The van der Waals surface area contributed by atoms with E-state index in [1.54, 1.807) is 25.1 Å². The van der Waals surface area contributed by atoms with Crippen LogP contribution in [0.4, 0.5) is 22.4 Å². The van der Waals surface area contributed by atoms with Crippen LogP contribution in [0.25, 0.3) is 5.57 Å². The number of hydrogen-bond acceptors (Lipinski definition) is 6. The highest BCUT2D eigenvalue weighted by Crippen LogP contribution is 2.64. The maximum Gasteiger partial charge on any atom is 0.418 e.